The molecule has 0 radical (unpaired) electrons. The fourth-order valence-electron chi connectivity index (χ4n) is 2.92. The molecule has 1 heterocycles. The van der Waals surface area contributed by atoms with Crippen LogP contribution in [0.5, 0.6) is 0 Å². The highest BCUT2D eigenvalue weighted by molar-refractivity contribution is 7.12. The van der Waals surface area contributed by atoms with Gasteiger partial charge in [-0.05, 0) is 56.2 Å². The first-order valence-electron chi connectivity index (χ1n) is 8.00. The summed E-state index contributed by atoms with van der Waals surface area (Å²) in [6, 6.07) is 2.32. The Kier molecular flexibility index (Phi) is 6.06. The summed E-state index contributed by atoms with van der Waals surface area (Å²) in [6.45, 7) is 11.9. The van der Waals surface area contributed by atoms with Crippen LogP contribution < -0.4 is 5.32 Å². The summed E-state index contributed by atoms with van der Waals surface area (Å²) in [5.74, 6) is 1.67. The molecular formula is C17H29NOS. The van der Waals surface area contributed by atoms with Gasteiger partial charge in [-0.2, -0.15) is 0 Å². The van der Waals surface area contributed by atoms with Crippen LogP contribution in [0.1, 0.15) is 55.4 Å². The van der Waals surface area contributed by atoms with Crippen molar-refractivity contribution in [1.82, 2.24) is 5.32 Å². The minimum atomic E-state index is 0.470. The standard InChI is InChI=1S/C17H29NOS/c1-5-18-10-17-9-15(14(4)20-17)11-19-16-7-6-12(2)13(3)8-16/h9,12-13,16,18H,5-8,10-11H2,1-4H3. The molecule has 1 fully saturated rings. The molecule has 0 aliphatic heterocycles. The number of aryl methyl sites for hydroxylation is 1. The summed E-state index contributed by atoms with van der Waals surface area (Å²) in [6.07, 6.45) is 4.26. The second kappa shape index (κ2) is 7.58. The van der Waals surface area contributed by atoms with Crippen LogP contribution in [0.3, 0.4) is 0 Å². The largest absolute Gasteiger partial charge is 0.373 e. The molecule has 1 saturated carbocycles. The van der Waals surface area contributed by atoms with Gasteiger partial charge in [-0.3, -0.25) is 0 Å². The minimum absolute atomic E-state index is 0.470. The molecule has 0 bridgehead atoms. The van der Waals surface area contributed by atoms with Crippen molar-refractivity contribution >= 4 is 11.3 Å². The van der Waals surface area contributed by atoms with Crippen LogP contribution in [-0.2, 0) is 17.9 Å². The van der Waals surface area contributed by atoms with Crippen molar-refractivity contribution in [3.63, 3.8) is 0 Å². The van der Waals surface area contributed by atoms with E-state index in [-0.39, 0.29) is 0 Å². The van der Waals surface area contributed by atoms with E-state index < -0.39 is 0 Å². The molecule has 3 heteroatoms. The molecule has 1 aliphatic carbocycles. The highest BCUT2D eigenvalue weighted by Crippen LogP contribution is 2.32. The number of thiophene rings is 1. The summed E-state index contributed by atoms with van der Waals surface area (Å²) in [7, 11) is 0. The third kappa shape index (κ3) is 4.31. The maximum absolute atomic E-state index is 6.17. The van der Waals surface area contributed by atoms with Crippen molar-refractivity contribution in [1.29, 1.82) is 0 Å². The van der Waals surface area contributed by atoms with Gasteiger partial charge in [0.1, 0.15) is 0 Å². The Bertz CT molecular complexity index is 415. The molecule has 0 amide bonds. The van der Waals surface area contributed by atoms with Gasteiger partial charge in [-0.15, -0.1) is 11.3 Å². The number of nitrogens with one attached hydrogen (secondary N) is 1. The van der Waals surface area contributed by atoms with Crippen molar-refractivity contribution < 1.29 is 4.74 Å². The second-order valence-electron chi connectivity index (χ2n) is 6.28. The van der Waals surface area contributed by atoms with E-state index in [1.165, 1.54) is 34.6 Å². The molecule has 0 spiro atoms. The highest BCUT2D eigenvalue weighted by atomic mass is 32.1. The van der Waals surface area contributed by atoms with Gasteiger partial charge >= 0.3 is 0 Å². The molecule has 1 N–H and O–H groups in total. The number of rotatable bonds is 6. The Labute approximate surface area is 127 Å². The third-order valence-corrected chi connectivity index (χ3v) is 5.74. The SMILES string of the molecule is CCNCc1cc(COC2CCC(C)C(C)C2)c(C)s1. The zero-order valence-electron chi connectivity index (χ0n) is 13.4. The first-order valence-corrected chi connectivity index (χ1v) is 8.82. The molecule has 0 saturated heterocycles. The maximum Gasteiger partial charge on any atom is 0.0731 e. The van der Waals surface area contributed by atoms with Crippen LogP contribution in [0.25, 0.3) is 0 Å². The van der Waals surface area contributed by atoms with E-state index in [1.807, 2.05) is 11.3 Å². The Morgan fingerprint density at radius 1 is 1.30 bits per heavy atom. The monoisotopic (exact) mass is 295 g/mol. The average Bonchev–Trinajstić information content (AvgIpc) is 2.78. The van der Waals surface area contributed by atoms with E-state index in [2.05, 4.69) is 39.1 Å². The normalized spacial score (nSPS) is 26.9. The lowest BCUT2D eigenvalue weighted by atomic mass is 9.80. The summed E-state index contributed by atoms with van der Waals surface area (Å²) in [4.78, 5) is 2.84. The lowest BCUT2D eigenvalue weighted by Gasteiger charge is -2.31. The summed E-state index contributed by atoms with van der Waals surface area (Å²) >= 11 is 1.90. The van der Waals surface area contributed by atoms with Gasteiger partial charge in [0.25, 0.3) is 0 Å². The van der Waals surface area contributed by atoms with E-state index in [0.29, 0.717) is 6.10 Å². The number of hydrogen-bond acceptors (Lipinski definition) is 3. The molecule has 3 unspecified atom stereocenters. The fourth-order valence-corrected chi connectivity index (χ4v) is 3.94. The van der Waals surface area contributed by atoms with Gasteiger partial charge < -0.3 is 10.1 Å². The molecule has 114 valence electrons. The van der Waals surface area contributed by atoms with Gasteiger partial charge in [0.15, 0.2) is 0 Å². The van der Waals surface area contributed by atoms with E-state index in [4.69, 9.17) is 4.74 Å². The van der Waals surface area contributed by atoms with Crippen LogP contribution >= 0.6 is 11.3 Å². The topological polar surface area (TPSA) is 21.3 Å². The zero-order valence-corrected chi connectivity index (χ0v) is 14.2. The Morgan fingerprint density at radius 2 is 2.10 bits per heavy atom. The van der Waals surface area contributed by atoms with E-state index in [9.17, 15) is 0 Å². The lowest BCUT2D eigenvalue weighted by molar-refractivity contribution is -0.00749. The van der Waals surface area contributed by atoms with Crippen molar-refractivity contribution in [3.05, 3.63) is 21.4 Å². The zero-order chi connectivity index (χ0) is 14.5. The summed E-state index contributed by atoms with van der Waals surface area (Å²) in [5.41, 5.74) is 1.38. The molecule has 20 heavy (non-hydrogen) atoms. The predicted molar refractivity (Wildman–Crippen MR) is 87.2 cm³/mol. The van der Waals surface area contributed by atoms with Crippen LogP contribution in [-0.4, -0.2) is 12.6 Å². The van der Waals surface area contributed by atoms with Gasteiger partial charge in [-0.1, -0.05) is 20.8 Å². The highest BCUT2D eigenvalue weighted by Gasteiger charge is 2.25. The van der Waals surface area contributed by atoms with E-state index in [1.54, 1.807) is 0 Å². The Balaban J connectivity index is 1.83. The quantitative estimate of drug-likeness (QED) is 0.834. The lowest BCUT2D eigenvalue weighted by Crippen LogP contribution is -2.26. The van der Waals surface area contributed by atoms with Gasteiger partial charge in [0.2, 0.25) is 0 Å². The molecule has 2 nitrogen and oxygen atoms in total. The Morgan fingerprint density at radius 3 is 2.80 bits per heavy atom. The third-order valence-electron chi connectivity index (χ3n) is 4.65. The first-order chi connectivity index (χ1) is 9.60. The van der Waals surface area contributed by atoms with Crippen molar-refractivity contribution in [3.8, 4) is 0 Å². The van der Waals surface area contributed by atoms with Gasteiger partial charge in [-0.25, -0.2) is 0 Å². The molecule has 1 aliphatic rings. The van der Waals surface area contributed by atoms with Crippen LogP contribution in [0, 0.1) is 18.8 Å². The second-order valence-corrected chi connectivity index (χ2v) is 7.62. The number of hydrogen-bond donors (Lipinski definition) is 1. The molecular weight excluding hydrogens is 266 g/mol. The van der Waals surface area contributed by atoms with Crippen molar-refractivity contribution in [2.45, 2.75) is 66.2 Å². The number of ether oxygens (including phenoxy) is 1. The van der Waals surface area contributed by atoms with Crippen LogP contribution in [0.15, 0.2) is 6.07 Å². The van der Waals surface area contributed by atoms with Crippen LogP contribution in [0.4, 0.5) is 0 Å². The summed E-state index contributed by atoms with van der Waals surface area (Å²) < 4.78 is 6.17. The minimum Gasteiger partial charge on any atom is -0.373 e. The van der Waals surface area contributed by atoms with E-state index >= 15 is 0 Å². The van der Waals surface area contributed by atoms with Crippen molar-refractivity contribution in [2.75, 3.05) is 6.54 Å². The molecule has 3 atom stereocenters. The maximum atomic E-state index is 6.17. The molecule has 1 aromatic rings. The van der Waals surface area contributed by atoms with Gasteiger partial charge in [0, 0.05) is 16.3 Å². The first kappa shape index (κ1) is 16.0. The fraction of sp³-hybridized carbons (Fsp3) is 0.765. The molecule has 2 rings (SSSR count). The van der Waals surface area contributed by atoms with Crippen LogP contribution in [0.2, 0.25) is 0 Å². The van der Waals surface area contributed by atoms with Crippen molar-refractivity contribution in [2.24, 2.45) is 11.8 Å². The molecule has 0 aromatic carbocycles. The van der Waals surface area contributed by atoms with E-state index in [0.717, 1.165) is 31.5 Å². The smallest absolute Gasteiger partial charge is 0.0731 e. The summed E-state index contributed by atoms with van der Waals surface area (Å²) in [5, 5.41) is 3.39. The Hall–Kier alpha value is -0.380. The average molecular weight is 295 g/mol. The predicted octanol–water partition coefficient (Wildman–Crippen LogP) is 4.51. The molecule has 1 aromatic heterocycles. The van der Waals surface area contributed by atoms with Gasteiger partial charge in [0.05, 0.1) is 12.7 Å².